The van der Waals surface area contributed by atoms with Gasteiger partial charge in [0.15, 0.2) is 0 Å². The molecule has 18 heavy (non-hydrogen) atoms. The first-order valence-corrected chi connectivity index (χ1v) is 5.81. The van der Waals surface area contributed by atoms with E-state index in [1.807, 2.05) is 37.3 Å². The highest BCUT2D eigenvalue weighted by Crippen LogP contribution is 2.03. The third-order valence-corrected chi connectivity index (χ3v) is 2.51. The standard InChI is InChI=1S/C14H14N2O2/c1-2-11-8-15-13(16-9-11)14(17)18-10-12-6-4-3-5-7-12/h3-9H,2,10H2,1H3. The van der Waals surface area contributed by atoms with Crippen molar-refractivity contribution < 1.29 is 9.53 Å². The van der Waals surface area contributed by atoms with Crippen molar-refractivity contribution in [1.29, 1.82) is 0 Å². The topological polar surface area (TPSA) is 52.1 Å². The predicted octanol–water partition coefficient (Wildman–Crippen LogP) is 2.40. The molecule has 2 rings (SSSR count). The van der Waals surface area contributed by atoms with Gasteiger partial charge in [-0.15, -0.1) is 0 Å². The molecule has 0 unspecified atom stereocenters. The fraction of sp³-hybridized carbons (Fsp3) is 0.214. The van der Waals surface area contributed by atoms with Crippen LogP contribution >= 0.6 is 0 Å². The van der Waals surface area contributed by atoms with E-state index < -0.39 is 5.97 Å². The number of aryl methyl sites for hydroxylation is 1. The Morgan fingerprint density at radius 2 is 1.78 bits per heavy atom. The molecule has 4 nitrogen and oxygen atoms in total. The van der Waals surface area contributed by atoms with Gasteiger partial charge in [0.05, 0.1) is 0 Å². The second-order valence-corrected chi connectivity index (χ2v) is 3.83. The molecule has 0 N–H and O–H groups in total. The van der Waals surface area contributed by atoms with Crippen molar-refractivity contribution in [1.82, 2.24) is 9.97 Å². The second kappa shape index (κ2) is 5.91. The number of hydrogen-bond acceptors (Lipinski definition) is 4. The third-order valence-electron chi connectivity index (χ3n) is 2.51. The number of rotatable bonds is 4. The molecule has 0 aliphatic rings. The van der Waals surface area contributed by atoms with Gasteiger partial charge in [-0.25, -0.2) is 14.8 Å². The van der Waals surface area contributed by atoms with E-state index in [4.69, 9.17) is 4.74 Å². The molecule has 0 amide bonds. The molecule has 1 aromatic heterocycles. The maximum absolute atomic E-state index is 11.7. The van der Waals surface area contributed by atoms with Crippen molar-refractivity contribution in [2.75, 3.05) is 0 Å². The number of carbonyl (C=O) groups is 1. The van der Waals surface area contributed by atoms with Crippen LogP contribution in [0.25, 0.3) is 0 Å². The van der Waals surface area contributed by atoms with Gasteiger partial charge in [0.1, 0.15) is 6.61 Å². The Kier molecular flexibility index (Phi) is 4.02. The molecule has 0 radical (unpaired) electrons. The molecule has 0 saturated carbocycles. The van der Waals surface area contributed by atoms with E-state index >= 15 is 0 Å². The summed E-state index contributed by atoms with van der Waals surface area (Å²) in [7, 11) is 0. The lowest BCUT2D eigenvalue weighted by Crippen LogP contribution is -2.10. The van der Waals surface area contributed by atoms with Crippen LogP contribution < -0.4 is 0 Å². The average molecular weight is 242 g/mol. The molecule has 4 heteroatoms. The summed E-state index contributed by atoms with van der Waals surface area (Å²) in [5.41, 5.74) is 1.94. The van der Waals surface area contributed by atoms with Crippen LogP contribution in [-0.4, -0.2) is 15.9 Å². The van der Waals surface area contributed by atoms with E-state index in [1.54, 1.807) is 12.4 Å². The van der Waals surface area contributed by atoms with Gasteiger partial charge in [0.25, 0.3) is 0 Å². The minimum Gasteiger partial charge on any atom is -0.455 e. The summed E-state index contributed by atoms with van der Waals surface area (Å²) in [6.07, 6.45) is 4.14. The largest absolute Gasteiger partial charge is 0.455 e. The molecule has 1 heterocycles. The van der Waals surface area contributed by atoms with Gasteiger partial charge in [-0.2, -0.15) is 0 Å². The number of nitrogens with zero attached hydrogens (tertiary/aromatic N) is 2. The summed E-state index contributed by atoms with van der Waals surface area (Å²) in [6, 6.07) is 9.51. The highest BCUT2D eigenvalue weighted by Gasteiger charge is 2.10. The normalized spacial score (nSPS) is 10.1. The van der Waals surface area contributed by atoms with Crippen LogP contribution in [0.1, 0.15) is 28.7 Å². The lowest BCUT2D eigenvalue weighted by atomic mass is 10.2. The first kappa shape index (κ1) is 12.2. The number of ether oxygens (including phenoxy) is 1. The second-order valence-electron chi connectivity index (χ2n) is 3.83. The Labute approximate surface area is 106 Å². The molecule has 2 aromatic rings. The molecule has 0 fully saturated rings. The van der Waals surface area contributed by atoms with Crippen molar-refractivity contribution in [3.63, 3.8) is 0 Å². The third kappa shape index (κ3) is 3.13. The van der Waals surface area contributed by atoms with Crippen LogP contribution in [0.4, 0.5) is 0 Å². The summed E-state index contributed by atoms with van der Waals surface area (Å²) in [5.74, 6) is -0.398. The van der Waals surface area contributed by atoms with Crippen LogP contribution in [0.5, 0.6) is 0 Å². The summed E-state index contributed by atoms with van der Waals surface area (Å²) in [4.78, 5) is 19.6. The van der Waals surface area contributed by atoms with Crippen LogP contribution in [0.2, 0.25) is 0 Å². The van der Waals surface area contributed by atoms with Gasteiger partial charge >= 0.3 is 5.97 Å². The fourth-order valence-electron chi connectivity index (χ4n) is 1.43. The maximum Gasteiger partial charge on any atom is 0.376 e. The summed E-state index contributed by atoms with van der Waals surface area (Å²) in [5, 5.41) is 0. The first-order valence-electron chi connectivity index (χ1n) is 5.81. The highest BCUT2D eigenvalue weighted by atomic mass is 16.5. The van der Waals surface area contributed by atoms with Crippen molar-refractivity contribution >= 4 is 5.97 Å². The highest BCUT2D eigenvalue weighted by molar-refractivity contribution is 5.84. The van der Waals surface area contributed by atoms with Gasteiger partial charge in [-0.05, 0) is 17.5 Å². The van der Waals surface area contributed by atoms with E-state index in [0.29, 0.717) is 0 Å². The van der Waals surface area contributed by atoms with Crippen molar-refractivity contribution in [2.45, 2.75) is 20.0 Å². The van der Waals surface area contributed by atoms with E-state index in [1.165, 1.54) is 0 Å². The molecule has 92 valence electrons. The van der Waals surface area contributed by atoms with Gasteiger partial charge in [0, 0.05) is 12.4 Å². The Hall–Kier alpha value is -2.23. The zero-order chi connectivity index (χ0) is 12.8. The predicted molar refractivity (Wildman–Crippen MR) is 67.0 cm³/mol. The minimum absolute atomic E-state index is 0.100. The SMILES string of the molecule is CCc1cnc(C(=O)OCc2ccccc2)nc1. The van der Waals surface area contributed by atoms with Gasteiger partial charge in [-0.3, -0.25) is 0 Å². The van der Waals surface area contributed by atoms with E-state index in [9.17, 15) is 4.79 Å². The fourth-order valence-corrected chi connectivity index (χ4v) is 1.43. The first-order chi connectivity index (χ1) is 8.79. The Morgan fingerprint density at radius 1 is 1.11 bits per heavy atom. The van der Waals surface area contributed by atoms with Crippen molar-refractivity contribution in [3.05, 3.63) is 59.7 Å². The van der Waals surface area contributed by atoms with Crippen LogP contribution in [0.15, 0.2) is 42.7 Å². The lowest BCUT2D eigenvalue weighted by Gasteiger charge is -2.04. The molecular formula is C14H14N2O2. The molecule has 0 saturated heterocycles. The summed E-state index contributed by atoms with van der Waals surface area (Å²) < 4.78 is 5.12. The monoisotopic (exact) mass is 242 g/mol. The molecule has 0 atom stereocenters. The van der Waals surface area contributed by atoms with Gasteiger partial charge < -0.3 is 4.74 Å². The number of aromatic nitrogens is 2. The number of carbonyl (C=O) groups excluding carboxylic acids is 1. The molecule has 1 aromatic carbocycles. The van der Waals surface area contributed by atoms with Crippen LogP contribution in [0.3, 0.4) is 0 Å². The maximum atomic E-state index is 11.7. The van der Waals surface area contributed by atoms with Crippen molar-refractivity contribution in [3.8, 4) is 0 Å². The van der Waals surface area contributed by atoms with Gasteiger partial charge in [0.2, 0.25) is 5.82 Å². The van der Waals surface area contributed by atoms with E-state index in [2.05, 4.69) is 9.97 Å². The molecule has 0 aliphatic carbocycles. The zero-order valence-corrected chi connectivity index (χ0v) is 10.2. The lowest BCUT2D eigenvalue weighted by molar-refractivity contribution is 0.0458. The minimum atomic E-state index is -0.499. The van der Waals surface area contributed by atoms with Crippen molar-refractivity contribution in [2.24, 2.45) is 0 Å². The van der Waals surface area contributed by atoms with E-state index in [-0.39, 0.29) is 12.4 Å². The number of esters is 1. The Morgan fingerprint density at radius 3 is 2.39 bits per heavy atom. The Bertz CT molecular complexity index is 509. The molecule has 0 spiro atoms. The van der Waals surface area contributed by atoms with Crippen LogP contribution in [0, 0.1) is 0 Å². The number of hydrogen-bond donors (Lipinski definition) is 0. The summed E-state index contributed by atoms with van der Waals surface area (Å²) in [6.45, 7) is 2.24. The molecule has 0 bridgehead atoms. The smallest absolute Gasteiger partial charge is 0.376 e. The Balaban J connectivity index is 1.95. The molecule has 0 aliphatic heterocycles. The quantitative estimate of drug-likeness (QED) is 0.772. The van der Waals surface area contributed by atoms with Crippen LogP contribution in [-0.2, 0) is 17.8 Å². The van der Waals surface area contributed by atoms with E-state index in [0.717, 1.165) is 17.5 Å². The molecular weight excluding hydrogens is 228 g/mol. The zero-order valence-electron chi connectivity index (χ0n) is 10.2. The summed E-state index contributed by atoms with van der Waals surface area (Å²) >= 11 is 0. The number of benzene rings is 1. The van der Waals surface area contributed by atoms with Gasteiger partial charge in [-0.1, -0.05) is 37.3 Å². The average Bonchev–Trinajstić information content (AvgIpc) is 2.46.